The van der Waals surface area contributed by atoms with Gasteiger partial charge < -0.3 is 5.32 Å². The molecule has 2 unspecified atom stereocenters. The first-order valence-electron chi connectivity index (χ1n) is 7.69. The number of rotatable bonds is 2. The molecular weight excluding hydrogens is 208 g/mol. The Balaban J connectivity index is 1.76. The molecule has 0 aromatic carbocycles. The molecule has 2 heterocycles. The maximum Gasteiger partial charge on any atom is 0.0187 e. The molecule has 1 saturated carbocycles. The molecule has 2 saturated heterocycles. The van der Waals surface area contributed by atoms with Gasteiger partial charge in [-0.25, -0.2) is 0 Å². The number of nitrogens with one attached hydrogen (secondary N) is 1. The van der Waals surface area contributed by atoms with Crippen molar-refractivity contribution < 1.29 is 0 Å². The molecule has 0 amide bonds. The Morgan fingerprint density at radius 3 is 2.12 bits per heavy atom. The molecule has 1 N–H and O–H groups in total. The predicted molar refractivity (Wildman–Crippen MR) is 72.2 cm³/mol. The smallest absolute Gasteiger partial charge is 0.0187 e. The Morgan fingerprint density at radius 2 is 1.59 bits per heavy atom. The zero-order chi connectivity index (χ0) is 11.9. The van der Waals surface area contributed by atoms with Crippen molar-refractivity contribution in [2.24, 2.45) is 0 Å². The highest BCUT2D eigenvalue weighted by Crippen LogP contribution is 2.45. The Morgan fingerprint density at radius 1 is 1.00 bits per heavy atom. The van der Waals surface area contributed by atoms with Gasteiger partial charge in [-0.1, -0.05) is 19.3 Å². The summed E-state index contributed by atoms with van der Waals surface area (Å²) in [5.74, 6) is 0. The highest BCUT2D eigenvalue weighted by Gasteiger charge is 2.48. The molecule has 3 aliphatic rings. The lowest BCUT2D eigenvalue weighted by atomic mass is 9.79. The standard InChI is InChI=1S/C15H28N2/c1-15(8-4-3-5-9-15)17-13-6-7-14(17)11-12(10-13)16-2/h12-14,16H,3-11H2,1-2H3. The lowest BCUT2D eigenvalue weighted by molar-refractivity contribution is -0.0110. The van der Waals surface area contributed by atoms with E-state index in [1.165, 1.54) is 57.8 Å². The first-order valence-corrected chi connectivity index (χ1v) is 7.69. The molecule has 3 rings (SSSR count). The van der Waals surface area contributed by atoms with Crippen LogP contribution in [0.15, 0.2) is 0 Å². The van der Waals surface area contributed by atoms with E-state index in [0.29, 0.717) is 5.54 Å². The normalized spacial score (nSPS) is 41.6. The minimum absolute atomic E-state index is 0.544. The lowest BCUT2D eigenvalue weighted by Crippen LogP contribution is -2.58. The van der Waals surface area contributed by atoms with Crippen molar-refractivity contribution in [3.05, 3.63) is 0 Å². The minimum Gasteiger partial charge on any atom is -0.317 e. The molecule has 0 aromatic heterocycles. The van der Waals surface area contributed by atoms with Gasteiger partial charge in [-0.3, -0.25) is 4.90 Å². The van der Waals surface area contributed by atoms with Crippen LogP contribution in [0, 0.1) is 0 Å². The summed E-state index contributed by atoms with van der Waals surface area (Å²) in [6, 6.07) is 2.56. The number of piperidine rings is 1. The summed E-state index contributed by atoms with van der Waals surface area (Å²) in [6.45, 7) is 2.55. The van der Waals surface area contributed by atoms with Crippen molar-refractivity contribution in [2.45, 2.75) is 88.4 Å². The average Bonchev–Trinajstić information content (AvgIpc) is 2.63. The van der Waals surface area contributed by atoms with Crippen LogP contribution in [0.5, 0.6) is 0 Å². The summed E-state index contributed by atoms with van der Waals surface area (Å²) in [5, 5.41) is 3.51. The lowest BCUT2D eigenvalue weighted by Gasteiger charge is -2.51. The van der Waals surface area contributed by atoms with Crippen molar-refractivity contribution >= 4 is 0 Å². The van der Waals surface area contributed by atoms with Gasteiger partial charge in [0.2, 0.25) is 0 Å². The highest BCUT2D eigenvalue weighted by atomic mass is 15.3. The summed E-state index contributed by atoms with van der Waals surface area (Å²) in [6.07, 6.45) is 13.0. The van der Waals surface area contributed by atoms with Crippen LogP contribution in [-0.2, 0) is 0 Å². The Bertz CT molecular complexity index is 256. The Kier molecular flexibility index (Phi) is 3.20. The largest absolute Gasteiger partial charge is 0.317 e. The van der Waals surface area contributed by atoms with E-state index in [1.54, 1.807) is 0 Å². The van der Waals surface area contributed by atoms with E-state index in [0.717, 1.165) is 18.1 Å². The van der Waals surface area contributed by atoms with E-state index < -0.39 is 0 Å². The van der Waals surface area contributed by atoms with E-state index in [2.05, 4.69) is 24.2 Å². The average molecular weight is 236 g/mol. The number of nitrogens with zero attached hydrogens (tertiary/aromatic N) is 1. The van der Waals surface area contributed by atoms with Crippen LogP contribution in [0.25, 0.3) is 0 Å². The summed E-state index contributed by atoms with van der Waals surface area (Å²) < 4.78 is 0. The van der Waals surface area contributed by atoms with Gasteiger partial charge in [0.25, 0.3) is 0 Å². The van der Waals surface area contributed by atoms with Gasteiger partial charge in [0, 0.05) is 23.7 Å². The van der Waals surface area contributed by atoms with Crippen LogP contribution in [0.1, 0.15) is 64.7 Å². The monoisotopic (exact) mass is 236 g/mol. The molecule has 2 heteroatoms. The van der Waals surface area contributed by atoms with Crippen LogP contribution in [0.4, 0.5) is 0 Å². The molecule has 0 spiro atoms. The zero-order valence-corrected chi connectivity index (χ0v) is 11.5. The number of fused-ring (bicyclic) bond motifs is 2. The maximum absolute atomic E-state index is 3.51. The quantitative estimate of drug-likeness (QED) is 0.793. The third-order valence-electron chi connectivity index (χ3n) is 5.70. The zero-order valence-electron chi connectivity index (χ0n) is 11.5. The SMILES string of the molecule is CNC1CC2CCC(C1)N2C1(C)CCCCC1. The molecule has 2 aliphatic heterocycles. The summed E-state index contributed by atoms with van der Waals surface area (Å²) in [5.41, 5.74) is 0.544. The number of hydrogen-bond acceptors (Lipinski definition) is 2. The Labute approximate surface area is 106 Å². The molecule has 98 valence electrons. The van der Waals surface area contributed by atoms with E-state index >= 15 is 0 Å². The molecule has 2 nitrogen and oxygen atoms in total. The number of hydrogen-bond donors (Lipinski definition) is 1. The van der Waals surface area contributed by atoms with Crippen LogP contribution in [-0.4, -0.2) is 35.6 Å². The second-order valence-corrected chi connectivity index (χ2v) is 6.81. The summed E-state index contributed by atoms with van der Waals surface area (Å²) in [7, 11) is 2.14. The molecule has 17 heavy (non-hydrogen) atoms. The molecule has 0 aromatic rings. The first-order chi connectivity index (χ1) is 8.23. The fraction of sp³-hybridized carbons (Fsp3) is 1.00. The van der Waals surface area contributed by atoms with Crippen LogP contribution in [0.2, 0.25) is 0 Å². The van der Waals surface area contributed by atoms with Crippen LogP contribution >= 0.6 is 0 Å². The van der Waals surface area contributed by atoms with Gasteiger partial charge in [0.15, 0.2) is 0 Å². The third-order valence-corrected chi connectivity index (χ3v) is 5.70. The van der Waals surface area contributed by atoms with Gasteiger partial charge in [-0.15, -0.1) is 0 Å². The molecule has 3 fully saturated rings. The Hall–Kier alpha value is -0.0800. The van der Waals surface area contributed by atoms with E-state index in [4.69, 9.17) is 0 Å². The van der Waals surface area contributed by atoms with E-state index in [9.17, 15) is 0 Å². The van der Waals surface area contributed by atoms with Crippen molar-refractivity contribution in [1.29, 1.82) is 0 Å². The van der Waals surface area contributed by atoms with Crippen LogP contribution < -0.4 is 5.32 Å². The van der Waals surface area contributed by atoms with Gasteiger partial charge in [0.05, 0.1) is 0 Å². The second-order valence-electron chi connectivity index (χ2n) is 6.81. The summed E-state index contributed by atoms with van der Waals surface area (Å²) >= 11 is 0. The van der Waals surface area contributed by atoms with Crippen molar-refractivity contribution in [1.82, 2.24) is 10.2 Å². The predicted octanol–water partition coefficient (Wildman–Crippen LogP) is 2.92. The van der Waals surface area contributed by atoms with Crippen LogP contribution in [0.3, 0.4) is 0 Å². The molecule has 2 bridgehead atoms. The second kappa shape index (κ2) is 4.55. The minimum atomic E-state index is 0.544. The van der Waals surface area contributed by atoms with Gasteiger partial charge in [-0.05, 0) is 52.5 Å². The fourth-order valence-electron chi connectivity index (χ4n) is 4.87. The van der Waals surface area contributed by atoms with Crippen molar-refractivity contribution in [3.8, 4) is 0 Å². The molecule has 1 aliphatic carbocycles. The fourth-order valence-corrected chi connectivity index (χ4v) is 4.87. The topological polar surface area (TPSA) is 15.3 Å². The molecule has 2 atom stereocenters. The van der Waals surface area contributed by atoms with Crippen molar-refractivity contribution in [2.75, 3.05) is 7.05 Å². The molecule has 0 radical (unpaired) electrons. The van der Waals surface area contributed by atoms with Gasteiger partial charge in [-0.2, -0.15) is 0 Å². The highest BCUT2D eigenvalue weighted by molar-refractivity contribution is 5.04. The van der Waals surface area contributed by atoms with Gasteiger partial charge >= 0.3 is 0 Å². The maximum atomic E-state index is 3.51. The van der Waals surface area contributed by atoms with E-state index in [1.807, 2.05) is 0 Å². The van der Waals surface area contributed by atoms with Gasteiger partial charge in [0.1, 0.15) is 0 Å². The summed E-state index contributed by atoms with van der Waals surface area (Å²) in [4.78, 5) is 2.96. The molecular formula is C15H28N2. The van der Waals surface area contributed by atoms with Crippen molar-refractivity contribution in [3.63, 3.8) is 0 Å². The first kappa shape index (κ1) is 12.0. The van der Waals surface area contributed by atoms with E-state index in [-0.39, 0.29) is 0 Å². The third kappa shape index (κ3) is 2.04.